The summed E-state index contributed by atoms with van der Waals surface area (Å²) in [7, 11) is 0. The maximum absolute atomic E-state index is 13.9. The van der Waals surface area contributed by atoms with Crippen LogP contribution in [0, 0.1) is 11.3 Å². The molecule has 0 fully saturated rings. The van der Waals surface area contributed by atoms with Crippen molar-refractivity contribution in [3.8, 4) is 23.3 Å². The smallest absolute Gasteiger partial charge is 0.338 e. The number of hydrogen-bond donors (Lipinski definition) is 0. The monoisotopic (exact) mass is 579 g/mol. The van der Waals surface area contributed by atoms with Gasteiger partial charge in [0.2, 0.25) is 6.79 Å². The van der Waals surface area contributed by atoms with Gasteiger partial charge in [-0.05, 0) is 61.4 Å². The minimum atomic E-state index is -0.746. The molecule has 6 rings (SSSR count). The number of esters is 1. The van der Waals surface area contributed by atoms with Gasteiger partial charge >= 0.3 is 5.97 Å². The first kappa shape index (κ1) is 27.1. The highest BCUT2D eigenvalue weighted by Crippen LogP contribution is 2.38. The van der Waals surface area contributed by atoms with Crippen LogP contribution in [0.1, 0.15) is 42.1 Å². The third kappa shape index (κ3) is 5.06. The summed E-state index contributed by atoms with van der Waals surface area (Å²) in [6.07, 6.45) is 1.79. The lowest BCUT2D eigenvalue weighted by Crippen LogP contribution is -2.39. The molecule has 42 heavy (non-hydrogen) atoms. The molecule has 0 spiro atoms. The first-order valence-electron chi connectivity index (χ1n) is 13.3. The zero-order chi connectivity index (χ0) is 29.2. The van der Waals surface area contributed by atoms with Gasteiger partial charge in [-0.2, -0.15) is 5.26 Å². The van der Waals surface area contributed by atoms with Crippen LogP contribution in [0.2, 0.25) is 0 Å². The molecule has 3 aromatic carbocycles. The summed E-state index contributed by atoms with van der Waals surface area (Å²) in [5, 5.41) is 9.29. The summed E-state index contributed by atoms with van der Waals surface area (Å²) in [4.78, 5) is 32.1. The summed E-state index contributed by atoms with van der Waals surface area (Å²) in [5.74, 6) is 1.26. The predicted molar refractivity (Wildman–Crippen MR) is 155 cm³/mol. The molecular formula is C32H25N3O6S. The van der Waals surface area contributed by atoms with Crippen molar-refractivity contribution < 1.29 is 23.7 Å². The Bertz CT molecular complexity index is 1950. The van der Waals surface area contributed by atoms with Gasteiger partial charge in [-0.1, -0.05) is 47.7 Å². The van der Waals surface area contributed by atoms with Crippen LogP contribution >= 0.6 is 11.3 Å². The SMILES string of the molecule is CCOC(=O)C1=C(C)N=c2s/c(=C/c3ccc(OCc4ccccc4C#N)cc3)c(=O)n2[C@@H]1c1ccc2c(c1)OCO2. The molecule has 0 bridgehead atoms. The Labute approximate surface area is 244 Å². The van der Waals surface area contributed by atoms with Gasteiger partial charge in [0.15, 0.2) is 16.3 Å². The normalized spacial score (nSPS) is 15.5. The molecule has 3 heterocycles. The Morgan fingerprint density at radius 3 is 2.71 bits per heavy atom. The number of carbonyl (C=O) groups is 1. The van der Waals surface area contributed by atoms with Crippen LogP contribution in [0.25, 0.3) is 6.08 Å². The lowest BCUT2D eigenvalue weighted by atomic mass is 9.95. The van der Waals surface area contributed by atoms with Crippen LogP contribution in [-0.2, 0) is 16.1 Å². The molecule has 4 aromatic rings. The Kier molecular flexibility index (Phi) is 7.33. The molecule has 0 radical (unpaired) electrons. The molecule has 210 valence electrons. The van der Waals surface area contributed by atoms with Crippen LogP contribution < -0.4 is 29.1 Å². The van der Waals surface area contributed by atoms with Gasteiger partial charge in [-0.25, -0.2) is 9.79 Å². The average molecular weight is 580 g/mol. The second-order valence-corrected chi connectivity index (χ2v) is 10.6. The van der Waals surface area contributed by atoms with Gasteiger partial charge in [-0.3, -0.25) is 9.36 Å². The predicted octanol–water partition coefficient (Wildman–Crippen LogP) is 3.98. The van der Waals surface area contributed by atoms with E-state index in [9.17, 15) is 14.9 Å². The number of aromatic nitrogens is 1. The molecule has 0 saturated heterocycles. The van der Waals surface area contributed by atoms with Crippen LogP contribution in [0.4, 0.5) is 0 Å². The van der Waals surface area contributed by atoms with Crippen LogP contribution in [0.15, 0.2) is 87.8 Å². The van der Waals surface area contributed by atoms with E-state index < -0.39 is 12.0 Å². The van der Waals surface area contributed by atoms with Gasteiger partial charge < -0.3 is 18.9 Å². The molecule has 2 aliphatic rings. The van der Waals surface area contributed by atoms with Crippen molar-refractivity contribution in [2.24, 2.45) is 4.99 Å². The number of nitrogens with zero attached hydrogens (tertiary/aromatic N) is 3. The Balaban J connectivity index is 1.35. The number of benzene rings is 3. The number of allylic oxidation sites excluding steroid dienone is 1. The van der Waals surface area contributed by atoms with E-state index in [1.165, 1.54) is 15.9 Å². The number of nitriles is 1. The molecule has 1 atom stereocenters. The van der Waals surface area contributed by atoms with Crippen molar-refractivity contribution >= 4 is 23.4 Å². The molecular weight excluding hydrogens is 554 g/mol. The quantitative estimate of drug-likeness (QED) is 0.305. The van der Waals surface area contributed by atoms with E-state index >= 15 is 0 Å². The fourth-order valence-electron chi connectivity index (χ4n) is 4.92. The van der Waals surface area contributed by atoms with Gasteiger partial charge in [-0.15, -0.1) is 0 Å². The first-order chi connectivity index (χ1) is 20.5. The van der Waals surface area contributed by atoms with E-state index in [-0.39, 0.29) is 25.6 Å². The molecule has 0 unspecified atom stereocenters. The number of hydrogen-bond acceptors (Lipinski definition) is 9. The standard InChI is InChI=1S/C32H25N3O6S/c1-3-38-31(37)28-19(2)34-32-35(29(28)21-10-13-25-26(15-21)41-18-40-25)30(36)27(42-32)14-20-8-11-24(12-9-20)39-17-23-7-5-4-6-22(23)16-33/h4-15,29H,3,17-18H2,1-2H3/b27-14+/t29-/m1/s1. The summed E-state index contributed by atoms with van der Waals surface area (Å²) >= 11 is 1.25. The molecule has 0 saturated carbocycles. The third-order valence-electron chi connectivity index (χ3n) is 6.94. The van der Waals surface area contributed by atoms with Gasteiger partial charge in [0, 0.05) is 5.56 Å². The number of carbonyl (C=O) groups excluding carboxylic acids is 1. The Morgan fingerprint density at radius 1 is 1.14 bits per heavy atom. The van der Waals surface area contributed by atoms with Gasteiger partial charge in [0.1, 0.15) is 12.4 Å². The zero-order valence-electron chi connectivity index (χ0n) is 22.8. The first-order valence-corrected chi connectivity index (χ1v) is 14.1. The van der Waals surface area contributed by atoms with Crippen molar-refractivity contribution in [3.05, 3.63) is 120 Å². The highest BCUT2D eigenvalue weighted by molar-refractivity contribution is 7.07. The fraction of sp³-hybridized carbons (Fsp3) is 0.188. The molecule has 1 aromatic heterocycles. The van der Waals surface area contributed by atoms with Crippen LogP contribution in [0.3, 0.4) is 0 Å². The highest BCUT2D eigenvalue weighted by Gasteiger charge is 2.34. The van der Waals surface area contributed by atoms with E-state index in [4.69, 9.17) is 18.9 Å². The van der Waals surface area contributed by atoms with E-state index in [0.29, 0.717) is 49.0 Å². The van der Waals surface area contributed by atoms with Crippen LogP contribution in [0.5, 0.6) is 17.2 Å². The summed E-state index contributed by atoms with van der Waals surface area (Å²) in [5.41, 5.74) is 3.38. The topological polar surface area (TPSA) is 112 Å². The minimum absolute atomic E-state index is 0.109. The Morgan fingerprint density at radius 2 is 1.93 bits per heavy atom. The van der Waals surface area contributed by atoms with Crippen molar-refractivity contribution in [3.63, 3.8) is 0 Å². The second-order valence-electron chi connectivity index (χ2n) is 9.54. The number of rotatable bonds is 7. The number of ether oxygens (including phenoxy) is 4. The second kappa shape index (κ2) is 11.4. The molecule has 0 N–H and O–H groups in total. The maximum Gasteiger partial charge on any atom is 0.338 e. The maximum atomic E-state index is 13.9. The molecule has 2 aliphatic heterocycles. The fourth-order valence-corrected chi connectivity index (χ4v) is 5.96. The minimum Gasteiger partial charge on any atom is -0.489 e. The van der Waals surface area contributed by atoms with Crippen LogP contribution in [-0.4, -0.2) is 23.9 Å². The van der Waals surface area contributed by atoms with Gasteiger partial charge in [0.25, 0.3) is 5.56 Å². The lowest BCUT2D eigenvalue weighted by Gasteiger charge is -2.24. The van der Waals surface area contributed by atoms with Crippen molar-refractivity contribution in [2.45, 2.75) is 26.5 Å². The number of fused-ring (bicyclic) bond motifs is 2. The summed E-state index contributed by atoms with van der Waals surface area (Å²) in [6, 6.07) is 21.4. The van der Waals surface area contributed by atoms with E-state index in [2.05, 4.69) is 11.1 Å². The molecule has 9 nitrogen and oxygen atoms in total. The van der Waals surface area contributed by atoms with Crippen molar-refractivity contribution in [2.75, 3.05) is 13.4 Å². The van der Waals surface area contributed by atoms with Crippen molar-refractivity contribution in [1.29, 1.82) is 5.26 Å². The third-order valence-corrected chi connectivity index (χ3v) is 7.92. The molecule has 10 heteroatoms. The van der Waals surface area contributed by atoms with E-state index in [1.54, 1.807) is 38.1 Å². The lowest BCUT2D eigenvalue weighted by molar-refractivity contribution is -0.139. The van der Waals surface area contributed by atoms with Gasteiger partial charge in [0.05, 0.1) is 40.1 Å². The van der Waals surface area contributed by atoms with E-state index in [1.807, 2.05) is 48.5 Å². The number of thiazole rings is 1. The molecule has 0 aliphatic carbocycles. The average Bonchev–Trinajstić information content (AvgIpc) is 3.59. The van der Waals surface area contributed by atoms with E-state index in [0.717, 1.165) is 11.1 Å². The Hall–Kier alpha value is -5.14. The molecule has 0 amide bonds. The summed E-state index contributed by atoms with van der Waals surface area (Å²) in [6.45, 7) is 4.05. The highest BCUT2D eigenvalue weighted by atomic mass is 32.1. The summed E-state index contributed by atoms with van der Waals surface area (Å²) < 4.78 is 24.3. The zero-order valence-corrected chi connectivity index (χ0v) is 23.6. The van der Waals surface area contributed by atoms with Crippen molar-refractivity contribution in [1.82, 2.24) is 4.57 Å². The largest absolute Gasteiger partial charge is 0.489 e.